The van der Waals surface area contributed by atoms with Crippen molar-refractivity contribution in [3.63, 3.8) is 0 Å². The number of nitrogens with one attached hydrogen (secondary N) is 2. The van der Waals surface area contributed by atoms with Gasteiger partial charge in [-0.25, -0.2) is 18.2 Å². The molecule has 4 aliphatic carbocycles. The summed E-state index contributed by atoms with van der Waals surface area (Å²) < 4.78 is 41.0. The molecule has 1 aromatic carbocycles. The van der Waals surface area contributed by atoms with Crippen molar-refractivity contribution < 1.29 is 42.2 Å². The Balaban J connectivity index is 1.08. The third-order valence-corrected chi connectivity index (χ3v) is 16.1. The van der Waals surface area contributed by atoms with Gasteiger partial charge in [-0.05, 0) is 99.7 Å². The number of carbonyl (C=O) groups is 4. The third kappa shape index (κ3) is 7.47. The normalized spacial score (nSPS) is 34.8. The molecule has 0 radical (unpaired) electrons. The number of nitrogens with zero attached hydrogens (tertiary/aromatic N) is 4. The van der Waals surface area contributed by atoms with Crippen molar-refractivity contribution in [2.24, 2.45) is 29.6 Å². The standard InChI is InChI=1S/C43H56N6O9S/c1-4-25-17-24(2)7-5-6-8-28-22-43(28,41(52)46-59(55,56)31-9-10-31)45-38(50)35-21-30(23-48(35)40(51)36(25)49(42(53)54)29-19-26-18-27(26)20-29)58-39-33-11-12-34-37(32(33)13-14-44-39)57-16-15-47(34)3/h6,8,11-14,24-31,35-36H,4-5,7,9-10,15-23H2,1-3H3,(H,45,50)(H,46,52)(H,53,54)/b8-6-/t24-,25+,26-,27?,28+,29?,30+,35-,36-,43+/m0/s1. The van der Waals surface area contributed by atoms with Crippen LogP contribution < -0.4 is 24.4 Å². The molecule has 59 heavy (non-hydrogen) atoms. The number of anilines is 1. The summed E-state index contributed by atoms with van der Waals surface area (Å²) in [7, 11) is -1.91. The number of carbonyl (C=O) groups excluding carboxylic acids is 3. The average molecular weight is 833 g/mol. The topological polar surface area (TPSA) is 188 Å². The van der Waals surface area contributed by atoms with Crippen LogP contribution in [0.2, 0.25) is 0 Å². The number of carboxylic acid groups (broad SMARTS) is 1. The molecule has 4 heterocycles. The van der Waals surface area contributed by atoms with Gasteiger partial charge in [0.05, 0.1) is 24.0 Å². The Morgan fingerprint density at radius 3 is 2.59 bits per heavy atom. The Morgan fingerprint density at radius 1 is 1.08 bits per heavy atom. The maximum absolute atomic E-state index is 15.4. The van der Waals surface area contributed by atoms with Crippen LogP contribution >= 0.6 is 0 Å². The summed E-state index contributed by atoms with van der Waals surface area (Å²) in [6, 6.07) is 3.27. The Kier molecular flexibility index (Phi) is 10.2. The van der Waals surface area contributed by atoms with Crippen molar-refractivity contribution in [1.82, 2.24) is 24.8 Å². The van der Waals surface area contributed by atoms with E-state index in [0.29, 0.717) is 74.7 Å². The largest absolute Gasteiger partial charge is 0.489 e. The van der Waals surface area contributed by atoms with Gasteiger partial charge in [-0.15, -0.1) is 0 Å². The molecule has 3 aliphatic heterocycles. The van der Waals surface area contributed by atoms with Crippen LogP contribution in [-0.4, -0.2) is 114 Å². The fourth-order valence-electron chi connectivity index (χ4n) is 10.6. The molecule has 0 spiro atoms. The number of sulfonamides is 1. The second kappa shape index (κ2) is 15.1. The number of rotatable bonds is 8. The quantitative estimate of drug-likeness (QED) is 0.319. The molecule has 2 unspecified atom stereocenters. The van der Waals surface area contributed by atoms with E-state index in [-0.39, 0.29) is 37.3 Å². The second-order valence-electron chi connectivity index (χ2n) is 18.4. The van der Waals surface area contributed by atoms with E-state index in [1.54, 1.807) is 6.20 Å². The Morgan fingerprint density at radius 2 is 1.86 bits per heavy atom. The summed E-state index contributed by atoms with van der Waals surface area (Å²) in [6.07, 6.45) is 9.98. The van der Waals surface area contributed by atoms with Gasteiger partial charge in [0, 0.05) is 42.4 Å². The maximum Gasteiger partial charge on any atom is 0.408 e. The number of fused-ring (bicyclic) bond motifs is 6. The minimum Gasteiger partial charge on any atom is -0.489 e. The van der Waals surface area contributed by atoms with E-state index < -0.39 is 68.7 Å². The van der Waals surface area contributed by atoms with Crippen LogP contribution in [-0.2, 0) is 24.4 Å². The minimum absolute atomic E-state index is 0.0242. The molecule has 7 aliphatic rings. The zero-order chi connectivity index (χ0) is 41.4. The van der Waals surface area contributed by atoms with Crippen molar-refractivity contribution in [3.8, 4) is 11.6 Å². The molecule has 10 atom stereocenters. The SMILES string of the molecule is CC[C@@H]1C[C@@H](C)CC/C=C\[C@@H]2C[C@@]2(C(=O)NS(=O)(=O)C2CC2)NC(=O)[C@@H]2C[C@@H](Oc3nccc4c5c(ccc34)N(C)CCO5)CN2C(=O)[C@H]1N(C(=O)O)C1CC2C[C@H]2C1. The first-order valence-electron chi connectivity index (χ1n) is 21.6. The summed E-state index contributed by atoms with van der Waals surface area (Å²) in [5, 5.41) is 14.8. The van der Waals surface area contributed by atoms with Gasteiger partial charge in [-0.2, -0.15) is 0 Å². The van der Waals surface area contributed by atoms with Gasteiger partial charge in [0.2, 0.25) is 27.7 Å². The van der Waals surface area contributed by atoms with Crippen LogP contribution in [0.4, 0.5) is 10.5 Å². The van der Waals surface area contributed by atoms with Crippen LogP contribution in [0, 0.1) is 29.6 Å². The van der Waals surface area contributed by atoms with Gasteiger partial charge in [0.15, 0.2) is 5.75 Å². The highest BCUT2D eigenvalue weighted by atomic mass is 32.2. The predicted molar refractivity (Wildman–Crippen MR) is 218 cm³/mol. The number of amides is 4. The lowest BCUT2D eigenvalue weighted by Crippen LogP contribution is -2.61. The number of aromatic nitrogens is 1. The van der Waals surface area contributed by atoms with E-state index >= 15 is 4.79 Å². The Bertz CT molecular complexity index is 2170. The number of hydrogen-bond acceptors (Lipinski definition) is 10. The molecule has 4 amide bonds. The molecule has 5 fully saturated rings. The van der Waals surface area contributed by atoms with Crippen molar-refractivity contribution in [2.75, 3.05) is 31.6 Å². The average Bonchev–Trinajstić information content (AvgIpc) is 4.17. The van der Waals surface area contributed by atoms with E-state index in [1.165, 1.54) is 9.80 Å². The van der Waals surface area contributed by atoms with Gasteiger partial charge in [-0.3, -0.25) is 24.0 Å². The molecule has 9 rings (SSSR count). The van der Waals surface area contributed by atoms with Crippen LogP contribution in [0.1, 0.15) is 84.5 Å². The maximum atomic E-state index is 15.4. The molecule has 2 aromatic rings. The molecule has 3 N–H and O–H groups in total. The van der Waals surface area contributed by atoms with E-state index in [0.717, 1.165) is 36.2 Å². The van der Waals surface area contributed by atoms with E-state index in [4.69, 9.17) is 9.47 Å². The van der Waals surface area contributed by atoms with E-state index in [1.807, 2.05) is 44.3 Å². The highest BCUT2D eigenvalue weighted by Gasteiger charge is 2.62. The highest BCUT2D eigenvalue weighted by Crippen LogP contribution is 2.54. The lowest BCUT2D eigenvalue weighted by Gasteiger charge is -2.41. The van der Waals surface area contributed by atoms with Gasteiger partial charge in [-0.1, -0.05) is 32.4 Å². The summed E-state index contributed by atoms with van der Waals surface area (Å²) in [4.78, 5) is 67.1. The molecule has 1 saturated heterocycles. The Hall–Kier alpha value is -4.60. The lowest BCUT2D eigenvalue weighted by atomic mass is 9.83. The van der Waals surface area contributed by atoms with Crippen molar-refractivity contribution >= 4 is 50.3 Å². The first-order valence-corrected chi connectivity index (χ1v) is 23.1. The number of pyridine rings is 1. The smallest absolute Gasteiger partial charge is 0.408 e. The molecule has 4 saturated carbocycles. The van der Waals surface area contributed by atoms with E-state index in [2.05, 4.69) is 26.8 Å². The summed E-state index contributed by atoms with van der Waals surface area (Å²) >= 11 is 0. The number of ether oxygens (including phenoxy) is 2. The van der Waals surface area contributed by atoms with Crippen LogP contribution in [0.3, 0.4) is 0 Å². The Labute approximate surface area is 345 Å². The zero-order valence-electron chi connectivity index (χ0n) is 34.0. The molecule has 1 aromatic heterocycles. The zero-order valence-corrected chi connectivity index (χ0v) is 34.9. The fourth-order valence-corrected chi connectivity index (χ4v) is 11.9. The van der Waals surface area contributed by atoms with Gasteiger partial charge in [0.25, 0.3) is 5.91 Å². The third-order valence-electron chi connectivity index (χ3n) is 14.3. The summed E-state index contributed by atoms with van der Waals surface area (Å²) in [5.74, 6) is -0.505. The van der Waals surface area contributed by atoms with Crippen LogP contribution in [0.5, 0.6) is 11.6 Å². The highest BCUT2D eigenvalue weighted by molar-refractivity contribution is 7.91. The number of benzene rings is 1. The van der Waals surface area contributed by atoms with Crippen molar-refractivity contribution in [2.45, 2.75) is 119 Å². The van der Waals surface area contributed by atoms with E-state index in [9.17, 15) is 27.9 Å². The van der Waals surface area contributed by atoms with Crippen molar-refractivity contribution in [1.29, 1.82) is 0 Å². The van der Waals surface area contributed by atoms with Crippen LogP contribution in [0.25, 0.3) is 10.8 Å². The molecule has 15 nitrogen and oxygen atoms in total. The number of hydrogen-bond donors (Lipinski definition) is 3. The molecule has 318 valence electrons. The first kappa shape index (κ1) is 39.8. The van der Waals surface area contributed by atoms with Crippen molar-refractivity contribution in [3.05, 3.63) is 36.5 Å². The van der Waals surface area contributed by atoms with Gasteiger partial charge in [0.1, 0.15) is 30.3 Å². The molecule has 0 bridgehead atoms. The number of allylic oxidation sites excluding steroid dienone is 1. The van der Waals surface area contributed by atoms with Crippen LogP contribution in [0.15, 0.2) is 36.5 Å². The first-order chi connectivity index (χ1) is 28.3. The summed E-state index contributed by atoms with van der Waals surface area (Å²) in [6.45, 7) is 5.36. The predicted octanol–water partition coefficient (Wildman–Crippen LogP) is 4.44. The second-order valence-corrected chi connectivity index (χ2v) is 20.3. The lowest BCUT2D eigenvalue weighted by molar-refractivity contribution is -0.145. The number of likely N-dealkylation sites (N-methyl/N-ethyl adjacent to an activating group) is 1. The van der Waals surface area contributed by atoms with Gasteiger partial charge < -0.3 is 29.7 Å². The van der Waals surface area contributed by atoms with Gasteiger partial charge >= 0.3 is 6.09 Å². The molecule has 16 heteroatoms. The molecular formula is C43H56N6O9S. The summed E-state index contributed by atoms with van der Waals surface area (Å²) in [5.41, 5.74) is -0.582. The fraction of sp³-hybridized carbons (Fsp3) is 0.651. The monoisotopic (exact) mass is 832 g/mol. The molecular weight excluding hydrogens is 777 g/mol. The minimum atomic E-state index is -3.92.